The molecule has 0 bridgehead atoms. The number of hydrogen-bond acceptors (Lipinski definition) is 3. The Kier molecular flexibility index (Phi) is 6.60. The first-order valence-corrected chi connectivity index (χ1v) is 8.79. The van der Waals surface area contributed by atoms with E-state index >= 15 is 0 Å². The maximum absolute atomic E-state index is 11.9. The zero-order valence-electron chi connectivity index (χ0n) is 11.9. The molecule has 1 aliphatic rings. The summed E-state index contributed by atoms with van der Waals surface area (Å²) in [5.41, 5.74) is 0. The molecule has 0 aliphatic heterocycles. The van der Waals surface area contributed by atoms with Gasteiger partial charge in [0.15, 0.2) is 0 Å². The summed E-state index contributed by atoms with van der Waals surface area (Å²) >= 11 is 0. The molecule has 2 N–H and O–H groups in total. The third-order valence-electron chi connectivity index (χ3n) is 3.50. The minimum Gasteiger partial charge on any atom is -0.316 e. The average molecular weight is 276 g/mol. The summed E-state index contributed by atoms with van der Waals surface area (Å²) in [6.45, 7) is 7.91. The lowest BCUT2D eigenvalue weighted by Crippen LogP contribution is -2.42. The van der Waals surface area contributed by atoms with Gasteiger partial charge in [-0.2, -0.15) is 0 Å². The lowest BCUT2D eigenvalue weighted by atomic mass is 9.81. The van der Waals surface area contributed by atoms with Crippen LogP contribution >= 0.6 is 0 Å². The lowest BCUT2D eigenvalue weighted by Gasteiger charge is -2.31. The maximum Gasteiger partial charge on any atom is 0.213 e. The minimum absolute atomic E-state index is 0.139. The van der Waals surface area contributed by atoms with Crippen molar-refractivity contribution < 1.29 is 8.42 Å². The van der Waals surface area contributed by atoms with Crippen LogP contribution in [0, 0.1) is 11.8 Å². The van der Waals surface area contributed by atoms with Gasteiger partial charge in [0.05, 0.1) is 5.75 Å². The second-order valence-electron chi connectivity index (χ2n) is 5.80. The van der Waals surface area contributed by atoms with E-state index in [0.29, 0.717) is 18.4 Å². The summed E-state index contributed by atoms with van der Waals surface area (Å²) in [7, 11) is -3.12. The van der Waals surface area contributed by atoms with Crippen LogP contribution < -0.4 is 10.0 Å². The molecule has 0 spiro atoms. The van der Waals surface area contributed by atoms with Crippen molar-refractivity contribution in [3.63, 3.8) is 0 Å². The average Bonchev–Trinajstić information content (AvgIpc) is 2.22. The molecule has 1 saturated carbocycles. The normalized spacial score (nSPS) is 29.4. The van der Waals surface area contributed by atoms with Crippen LogP contribution in [0.15, 0.2) is 0 Å². The molecule has 4 nitrogen and oxygen atoms in total. The van der Waals surface area contributed by atoms with Crippen LogP contribution in [0.5, 0.6) is 0 Å². The molecule has 0 radical (unpaired) electrons. The molecule has 0 aromatic rings. The van der Waals surface area contributed by atoms with E-state index in [1.807, 2.05) is 0 Å². The fourth-order valence-corrected chi connectivity index (χ4v) is 4.10. The Morgan fingerprint density at radius 2 is 1.67 bits per heavy atom. The van der Waals surface area contributed by atoms with Crippen molar-refractivity contribution >= 4 is 10.0 Å². The molecule has 108 valence electrons. The molecular formula is C13H28N2O2S. The van der Waals surface area contributed by atoms with Crippen LogP contribution in [0.1, 0.15) is 46.5 Å². The summed E-state index contributed by atoms with van der Waals surface area (Å²) in [5, 5.41) is 3.13. The molecule has 0 saturated heterocycles. The van der Waals surface area contributed by atoms with Crippen molar-refractivity contribution in [2.45, 2.75) is 52.5 Å². The molecule has 1 rings (SSSR count). The van der Waals surface area contributed by atoms with Gasteiger partial charge in [0.2, 0.25) is 10.0 Å². The molecule has 0 aromatic heterocycles. The summed E-state index contributed by atoms with van der Waals surface area (Å²) in [6.07, 6.45) is 4.21. The Morgan fingerprint density at radius 3 is 2.22 bits per heavy atom. The lowest BCUT2D eigenvalue weighted by molar-refractivity contribution is 0.257. The van der Waals surface area contributed by atoms with Crippen LogP contribution in [0.3, 0.4) is 0 Å². The standard InChI is InChI=1S/C13H28N2O2S/c1-4-5-14-6-7-18(16,17)15-13-9-11(2)8-12(3)10-13/h11-15H,4-10H2,1-3H3. The van der Waals surface area contributed by atoms with Gasteiger partial charge in [0, 0.05) is 12.6 Å². The van der Waals surface area contributed by atoms with E-state index in [4.69, 9.17) is 0 Å². The third kappa shape index (κ3) is 6.16. The van der Waals surface area contributed by atoms with Gasteiger partial charge in [-0.3, -0.25) is 0 Å². The number of rotatable bonds is 7. The first-order valence-electron chi connectivity index (χ1n) is 7.13. The monoisotopic (exact) mass is 276 g/mol. The summed E-state index contributed by atoms with van der Waals surface area (Å²) in [6, 6.07) is 0.139. The zero-order chi connectivity index (χ0) is 13.6. The van der Waals surface area contributed by atoms with E-state index in [0.717, 1.165) is 25.8 Å². The largest absolute Gasteiger partial charge is 0.316 e. The predicted octanol–water partition coefficient (Wildman–Crippen LogP) is 1.73. The quantitative estimate of drug-likeness (QED) is 0.696. The molecule has 0 aromatic carbocycles. The molecule has 1 fully saturated rings. The fourth-order valence-electron chi connectivity index (χ4n) is 2.86. The van der Waals surface area contributed by atoms with Crippen molar-refractivity contribution in [3.05, 3.63) is 0 Å². The smallest absolute Gasteiger partial charge is 0.213 e. The van der Waals surface area contributed by atoms with E-state index in [-0.39, 0.29) is 11.8 Å². The SMILES string of the molecule is CCCNCCS(=O)(=O)NC1CC(C)CC(C)C1. The minimum atomic E-state index is -3.12. The molecular weight excluding hydrogens is 248 g/mol. The van der Waals surface area contributed by atoms with Crippen LogP contribution in [-0.4, -0.2) is 33.3 Å². The van der Waals surface area contributed by atoms with E-state index < -0.39 is 10.0 Å². The molecule has 5 heteroatoms. The van der Waals surface area contributed by atoms with Gasteiger partial charge in [-0.15, -0.1) is 0 Å². The molecule has 0 heterocycles. The number of hydrogen-bond donors (Lipinski definition) is 2. The van der Waals surface area contributed by atoms with E-state index in [1.165, 1.54) is 6.42 Å². The Bertz CT molecular complexity index is 320. The molecule has 18 heavy (non-hydrogen) atoms. The predicted molar refractivity (Wildman–Crippen MR) is 76.1 cm³/mol. The second kappa shape index (κ2) is 7.46. The summed E-state index contributed by atoms with van der Waals surface area (Å²) in [4.78, 5) is 0. The van der Waals surface area contributed by atoms with Crippen LogP contribution in [0.2, 0.25) is 0 Å². The summed E-state index contributed by atoms with van der Waals surface area (Å²) < 4.78 is 26.7. The van der Waals surface area contributed by atoms with E-state index in [2.05, 4.69) is 30.8 Å². The number of nitrogens with one attached hydrogen (secondary N) is 2. The van der Waals surface area contributed by atoms with Gasteiger partial charge in [0.1, 0.15) is 0 Å². The van der Waals surface area contributed by atoms with Crippen molar-refractivity contribution in [2.24, 2.45) is 11.8 Å². The number of sulfonamides is 1. The highest BCUT2D eigenvalue weighted by atomic mass is 32.2. The molecule has 1 aliphatic carbocycles. The van der Waals surface area contributed by atoms with Crippen LogP contribution in [0.4, 0.5) is 0 Å². The Labute approximate surface area is 112 Å². The zero-order valence-corrected chi connectivity index (χ0v) is 12.7. The van der Waals surface area contributed by atoms with Crippen molar-refractivity contribution in [2.75, 3.05) is 18.8 Å². The van der Waals surface area contributed by atoms with Crippen molar-refractivity contribution in [1.82, 2.24) is 10.0 Å². The van der Waals surface area contributed by atoms with Gasteiger partial charge >= 0.3 is 0 Å². The van der Waals surface area contributed by atoms with Gasteiger partial charge < -0.3 is 5.32 Å². The summed E-state index contributed by atoms with van der Waals surface area (Å²) in [5.74, 6) is 1.44. The van der Waals surface area contributed by atoms with E-state index in [1.54, 1.807) is 0 Å². The van der Waals surface area contributed by atoms with Gasteiger partial charge in [-0.25, -0.2) is 13.1 Å². The Hall–Kier alpha value is -0.130. The first kappa shape index (κ1) is 15.9. The van der Waals surface area contributed by atoms with Crippen LogP contribution in [-0.2, 0) is 10.0 Å². The molecule has 0 amide bonds. The highest BCUT2D eigenvalue weighted by Crippen LogP contribution is 2.28. The maximum atomic E-state index is 11.9. The molecule has 2 unspecified atom stereocenters. The first-order chi connectivity index (χ1) is 8.43. The van der Waals surface area contributed by atoms with E-state index in [9.17, 15) is 8.42 Å². The van der Waals surface area contributed by atoms with Gasteiger partial charge in [-0.1, -0.05) is 20.8 Å². The topological polar surface area (TPSA) is 58.2 Å². The highest BCUT2D eigenvalue weighted by Gasteiger charge is 2.26. The second-order valence-corrected chi connectivity index (χ2v) is 7.67. The van der Waals surface area contributed by atoms with Crippen molar-refractivity contribution in [1.29, 1.82) is 0 Å². The van der Waals surface area contributed by atoms with Gasteiger partial charge in [-0.05, 0) is 44.1 Å². The highest BCUT2D eigenvalue weighted by molar-refractivity contribution is 7.89. The fraction of sp³-hybridized carbons (Fsp3) is 1.00. The van der Waals surface area contributed by atoms with Gasteiger partial charge in [0.25, 0.3) is 0 Å². The Balaban J connectivity index is 2.35. The van der Waals surface area contributed by atoms with Crippen molar-refractivity contribution in [3.8, 4) is 0 Å². The van der Waals surface area contributed by atoms with Crippen LogP contribution in [0.25, 0.3) is 0 Å². The molecule has 2 atom stereocenters. The Morgan fingerprint density at radius 1 is 1.06 bits per heavy atom. The third-order valence-corrected chi connectivity index (χ3v) is 4.93.